The number of anilines is 1. The van der Waals surface area contributed by atoms with Gasteiger partial charge in [-0.25, -0.2) is 0 Å². The fourth-order valence-electron chi connectivity index (χ4n) is 2.35. The van der Waals surface area contributed by atoms with E-state index >= 15 is 0 Å². The molecule has 1 aliphatic heterocycles. The highest BCUT2D eigenvalue weighted by atomic mass is 35.5. The van der Waals surface area contributed by atoms with Crippen molar-refractivity contribution < 1.29 is 9.32 Å². The van der Waals surface area contributed by atoms with Gasteiger partial charge in [0.2, 0.25) is 5.91 Å². The monoisotopic (exact) mass is 322 g/mol. The van der Waals surface area contributed by atoms with Crippen LogP contribution in [0, 0.1) is 0 Å². The summed E-state index contributed by atoms with van der Waals surface area (Å²) in [6, 6.07) is 7.43. The molecule has 0 fully saturated rings. The third-order valence-corrected chi connectivity index (χ3v) is 4.90. The Morgan fingerprint density at radius 2 is 2.38 bits per heavy atom. The molecule has 0 aliphatic carbocycles. The first-order valence-electron chi connectivity index (χ1n) is 6.79. The number of rotatable bonds is 2. The summed E-state index contributed by atoms with van der Waals surface area (Å²) in [4.78, 5) is 15.5. The Balaban J connectivity index is 1.91. The van der Waals surface area contributed by atoms with Crippen LogP contribution in [-0.4, -0.2) is 22.9 Å². The Morgan fingerprint density at radius 3 is 3.14 bits per heavy atom. The third-order valence-electron chi connectivity index (χ3n) is 3.42. The number of amides is 1. The van der Waals surface area contributed by atoms with Gasteiger partial charge in [-0.15, -0.1) is 11.8 Å². The van der Waals surface area contributed by atoms with Crippen LogP contribution < -0.4 is 4.90 Å². The van der Waals surface area contributed by atoms with Gasteiger partial charge in [0.1, 0.15) is 6.26 Å². The number of hydrogen-bond donors (Lipinski definition) is 0. The Morgan fingerprint density at radius 1 is 1.52 bits per heavy atom. The molecule has 4 nitrogen and oxygen atoms in total. The topological polar surface area (TPSA) is 46.3 Å². The second-order valence-electron chi connectivity index (χ2n) is 5.04. The van der Waals surface area contributed by atoms with Crippen molar-refractivity contribution in [3.05, 3.63) is 41.2 Å². The molecule has 1 aliphatic rings. The molecular formula is C15H15ClN2O2S. The lowest BCUT2D eigenvalue weighted by atomic mass is 10.2. The van der Waals surface area contributed by atoms with Crippen molar-refractivity contribution in [3.63, 3.8) is 0 Å². The zero-order valence-corrected chi connectivity index (χ0v) is 13.2. The quantitative estimate of drug-likeness (QED) is 0.844. The lowest BCUT2D eigenvalue weighted by molar-refractivity contribution is -0.118. The van der Waals surface area contributed by atoms with E-state index in [9.17, 15) is 4.79 Å². The van der Waals surface area contributed by atoms with E-state index in [1.54, 1.807) is 17.8 Å². The maximum absolute atomic E-state index is 12.6. The van der Waals surface area contributed by atoms with E-state index in [4.69, 9.17) is 16.1 Å². The summed E-state index contributed by atoms with van der Waals surface area (Å²) in [5.74, 6) is 0.0158. The zero-order valence-electron chi connectivity index (χ0n) is 11.6. The van der Waals surface area contributed by atoms with Gasteiger partial charge in [-0.3, -0.25) is 4.79 Å². The number of carbonyl (C=O) groups excluding carboxylic acids is 1. The van der Waals surface area contributed by atoms with Gasteiger partial charge in [-0.2, -0.15) is 0 Å². The van der Waals surface area contributed by atoms with Crippen molar-refractivity contribution in [1.82, 2.24) is 5.16 Å². The SMILES string of the molecule is C[C@H]1CCN(C(=O)Cc2ccon2)c2cc(Cl)ccc2S1. The molecule has 0 saturated carbocycles. The number of halogens is 1. The van der Waals surface area contributed by atoms with Gasteiger partial charge in [0.25, 0.3) is 0 Å². The Labute approximate surface area is 132 Å². The lowest BCUT2D eigenvalue weighted by Gasteiger charge is -2.22. The zero-order chi connectivity index (χ0) is 14.8. The van der Waals surface area contributed by atoms with Crippen LogP contribution in [0.1, 0.15) is 19.0 Å². The van der Waals surface area contributed by atoms with Gasteiger partial charge >= 0.3 is 0 Å². The van der Waals surface area contributed by atoms with Crippen molar-refractivity contribution in [1.29, 1.82) is 0 Å². The molecule has 0 radical (unpaired) electrons. The molecule has 21 heavy (non-hydrogen) atoms. The highest BCUT2D eigenvalue weighted by molar-refractivity contribution is 8.00. The first-order valence-corrected chi connectivity index (χ1v) is 8.05. The highest BCUT2D eigenvalue weighted by Crippen LogP contribution is 2.39. The molecule has 6 heteroatoms. The van der Waals surface area contributed by atoms with Crippen LogP contribution in [0.3, 0.4) is 0 Å². The average molecular weight is 323 g/mol. The number of nitrogens with zero attached hydrogens (tertiary/aromatic N) is 2. The van der Waals surface area contributed by atoms with Crippen LogP contribution in [0.25, 0.3) is 0 Å². The number of hydrogen-bond acceptors (Lipinski definition) is 4. The van der Waals surface area contributed by atoms with E-state index in [-0.39, 0.29) is 12.3 Å². The molecule has 110 valence electrons. The fourth-order valence-corrected chi connectivity index (χ4v) is 3.61. The van der Waals surface area contributed by atoms with E-state index in [0.717, 1.165) is 17.0 Å². The summed E-state index contributed by atoms with van der Waals surface area (Å²) in [7, 11) is 0. The molecule has 0 N–H and O–H groups in total. The van der Waals surface area contributed by atoms with Crippen molar-refractivity contribution >= 4 is 35.0 Å². The van der Waals surface area contributed by atoms with Crippen molar-refractivity contribution in [2.45, 2.75) is 29.9 Å². The molecule has 2 heterocycles. The average Bonchev–Trinajstić information content (AvgIpc) is 2.88. The first kappa shape index (κ1) is 14.5. The number of fused-ring (bicyclic) bond motifs is 1. The minimum atomic E-state index is 0.0158. The van der Waals surface area contributed by atoms with Crippen LogP contribution in [0.5, 0.6) is 0 Å². The lowest BCUT2D eigenvalue weighted by Crippen LogP contribution is -2.33. The minimum Gasteiger partial charge on any atom is -0.364 e. The molecule has 1 amide bonds. The Kier molecular flexibility index (Phi) is 4.22. The summed E-state index contributed by atoms with van der Waals surface area (Å²) in [6.07, 6.45) is 2.66. The minimum absolute atomic E-state index is 0.0158. The summed E-state index contributed by atoms with van der Waals surface area (Å²) in [5, 5.41) is 4.92. The largest absolute Gasteiger partial charge is 0.364 e. The molecule has 0 unspecified atom stereocenters. The van der Waals surface area contributed by atoms with Gasteiger partial charge in [0.05, 0.1) is 17.8 Å². The molecular weight excluding hydrogens is 308 g/mol. The second kappa shape index (κ2) is 6.12. The predicted octanol–water partition coefficient (Wildman–Crippen LogP) is 3.79. The summed E-state index contributed by atoms with van der Waals surface area (Å²) >= 11 is 7.89. The van der Waals surface area contributed by atoms with E-state index in [1.165, 1.54) is 6.26 Å². The van der Waals surface area contributed by atoms with Gasteiger partial charge in [0.15, 0.2) is 0 Å². The van der Waals surface area contributed by atoms with E-state index in [1.807, 2.05) is 23.1 Å². The predicted molar refractivity (Wildman–Crippen MR) is 83.9 cm³/mol. The Hall–Kier alpha value is -1.46. The van der Waals surface area contributed by atoms with Crippen molar-refractivity contribution in [2.75, 3.05) is 11.4 Å². The number of carbonyl (C=O) groups is 1. The molecule has 1 atom stereocenters. The van der Waals surface area contributed by atoms with Gasteiger partial charge in [0, 0.05) is 27.8 Å². The maximum Gasteiger partial charge on any atom is 0.233 e. The maximum atomic E-state index is 12.6. The van der Waals surface area contributed by atoms with Gasteiger partial charge in [-0.05, 0) is 24.6 Å². The van der Waals surface area contributed by atoms with Crippen LogP contribution in [-0.2, 0) is 11.2 Å². The van der Waals surface area contributed by atoms with Crippen LogP contribution >= 0.6 is 23.4 Å². The normalized spacial score (nSPS) is 18.2. The fraction of sp³-hybridized carbons (Fsp3) is 0.333. The smallest absolute Gasteiger partial charge is 0.233 e. The highest BCUT2D eigenvalue weighted by Gasteiger charge is 2.25. The molecule has 1 aromatic carbocycles. The number of thioether (sulfide) groups is 1. The van der Waals surface area contributed by atoms with Crippen LogP contribution in [0.2, 0.25) is 5.02 Å². The van der Waals surface area contributed by atoms with Crippen molar-refractivity contribution in [2.24, 2.45) is 0 Å². The second-order valence-corrected chi connectivity index (χ2v) is 6.96. The van der Waals surface area contributed by atoms with Crippen molar-refractivity contribution in [3.8, 4) is 0 Å². The third kappa shape index (κ3) is 3.24. The van der Waals surface area contributed by atoms with Gasteiger partial charge in [-0.1, -0.05) is 23.7 Å². The molecule has 3 rings (SSSR count). The van der Waals surface area contributed by atoms with Crippen LogP contribution in [0.4, 0.5) is 5.69 Å². The van der Waals surface area contributed by atoms with E-state index in [0.29, 0.717) is 22.5 Å². The molecule has 0 bridgehead atoms. The number of aromatic nitrogens is 1. The molecule has 0 saturated heterocycles. The summed E-state index contributed by atoms with van der Waals surface area (Å²) in [6.45, 7) is 2.87. The standard InChI is InChI=1S/C15H15ClN2O2S/c1-10-4-6-18(15(19)9-12-5-7-20-17-12)13-8-11(16)2-3-14(13)21-10/h2-3,5,7-8,10H,4,6,9H2,1H3/t10-/m0/s1. The first-order chi connectivity index (χ1) is 10.1. The Bertz CT molecular complexity index is 645. The van der Waals surface area contributed by atoms with Crippen LogP contribution in [0.15, 0.2) is 39.9 Å². The van der Waals surface area contributed by atoms with E-state index in [2.05, 4.69) is 12.1 Å². The summed E-state index contributed by atoms with van der Waals surface area (Å²) < 4.78 is 4.79. The van der Waals surface area contributed by atoms with E-state index < -0.39 is 0 Å². The molecule has 2 aromatic rings. The number of benzene rings is 1. The molecule has 1 aromatic heterocycles. The molecule has 0 spiro atoms. The van der Waals surface area contributed by atoms with Gasteiger partial charge < -0.3 is 9.42 Å². The summed E-state index contributed by atoms with van der Waals surface area (Å²) in [5.41, 5.74) is 1.54.